The van der Waals surface area contributed by atoms with Crippen LogP contribution in [0.3, 0.4) is 0 Å². The predicted octanol–water partition coefficient (Wildman–Crippen LogP) is 1.92. The molecule has 0 fully saturated rings. The lowest BCUT2D eigenvalue weighted by atomic mass is 10.2. The monoisotopic (exact) mass is 339 g/mol. The number of fused-ring (bicyclic) bond motifs is 1. The highest BCUT2D eigenvalue weighted by Crippen LogP contribution is 2.22. The summed E-state index contributed by atoms with van der Waals surface area (Å²) in [6.07, 6.45) is 1.16. The molecule has 1 aliphatic rings. The van der Waals surface area contributed by atoms with Gasteiger partial charge in [-0.05, 0) is 24.3 Å². The molecule has 0 atom stereocenters. The van der Waals surface area contributed by atoms with E-state index in [1.54, 1.807) is 18.2 Å². The van der Waals surface area contributed by atoms with Crippen LogP contribution in [-0.4, -0.2) is 25.8 Å². The van der Waals surface area contributed by atoms with E-state index in [-0.39, 0.29) is 23.0 Å². The first-order chi connectivity index (χ1) is 11.0. The molecular formula is C14H11F2N3O3S. The van der Waals surface area contributed by atoms with Crippen molar-refractivity contribution in [3.8, 4) is 5.75 Å². The molecule has 0 spiro atoms. The van der Waals surface area contributed by atoms with E-state index in [9.17, 15) is 17.2 Å². The summed E-state index contributed by atoms with van der Waals surface area (Å²) in [5, 5.41) is 0. The Morgan fingerprint density at radius 2 is 2.00 bits per heavy atom. The van der Waals surface area contributed by atoms with Crippen LogP contribution < -0.4 is 9.46 Å². The number of nitrogens with one attached hydrogen (secondary N) is 1. The smallest absolute Gasteiger partial charge is 0.387 e. The summed E-state index contributed by atoms with van der Waals surface area (Å²) in [4.78, 5) is 8.31. The van der Waals surface area contributed by atoms with Crippen LogP contribution in [0.1, 0.15) is 11.3 Å². The number of aromatic nitrogens is 1. The van der Waals surface area contributed by atoms with Gasteiger partial charge in [0.1, 0.15) is 11.6 Å². The number of benzene rings is 1. The van der Waals surface area contributed by atoms with Gasteiger partial charge in [0.25, 0.3) is 10.0 Å². The Hall–Kier alpha value is -2.55. The van der Waals surface area contributed by atoms with Crippen molar-refractivity contribution < 1.29 is 21.9 Å². The molecule has 1 aliphatic heterocycles. The Bertz CT molecular complexity index is 852. The zero-order valence-electron chi connectivity index (χ0n) is 11.6. The molecule has 1 aromatic heterocycles. The summed E-state index contributed by atoms with van der Waals surface area (Å²) in [5.74, 6) is 0.179. The van der Waals surface area contributed by atoms with Gasteiger partial charge in [0.15, 0.2) is 0 Å². The van der Waals surface area contributed by atoms with E-state index in [2.05, 4.69) is 19.4 Å². The third kappa shape index (κ3) is 3.29. The normalized spacial score (nSPS) is 17.1. The fourth-order valence-electron chi connectivity index (χ4n) is 2.09. The second kappa shape index (κ2) is 5.92. The van der Waals surface area contributed by atoms with Crippen LogP contribution in [0.2, 0.25) is 0 Å². The van der Waals surface area contributed by atoms with Gasteiger partial charge in [-0.3, -0.25) is 14.7 Å². The molecule has 2 heterocycles. The molecule has 9 heteroatoms. The number of nitrogens with zero attached hydrogens (tertiary/aromatic N) is 2. The molecule has 23 heavy (non-hydrogen) atoms. The maximum Gasteiger partial charge on any atom is 0.387 e. The minimum absolute atomic E-state index is 0.0525. The number of aliphatic imine (C=N–C) groups is 1. The summed E-state index contributed by atoms with van der Waals surface area (Å²) in [6.45, 7) is -2.81. The zero-order chi connectivity index (χ0) is 16.4. The van der Waals surface area contributed by atoms with Gasteiger partial charge in [-0.15, -0.1) is 0 Å². The van der Waals surface area contributed by atoms with Gasteiger partial charge >= 0.3 is 6.61 Å². The number of sulfonamides is 1. The Balaban J connectivity index is 1.79. The van der Waals surface area contributed by atoms with Crippen molar-refractivity contribution >= 4 is 15.9 Å². The van der Waals surface area contributed by atoms with Gasteiger partial charge < -0.3 is 4.74 Å². The van der Waals surface area contributed by atoms with E-state index in [1.807, 2.05) is 0 Å². The summed E-state index contributed by atoms with van der Waals surface area (Å²) < 4.78 is 54.5. The minimum atomic E-state index is -3.58. The third-order valence-corrected chi connectivity index (χ3v) is 4.48. The van der Waals surface area contributed by atoms with Gasteiger partial charge in [0.05, 0.1) is 23.3 Å². The van der Waals surface area contributed by atoms with Crippen LogP contribution in [0.25, 0.3) is 0 Å². The van der Waals surface area contributed by atoms with E-state index < -0.39 is 16.6 Å². The summed E-state index contributed by atoms with van der Waals surface area (Å²) >= 11 is 0. The molecule has 0 amide bonds. The first-order valence-corrected chi connectivity index (χ1v) is 8.00. The standard InChI is InChI=1S/C14H11F2N3O3S/c15-14(16)22-10-6-5-9(17-8-10)7-18-13-11-3-1-2-4-12(11)23(20,21)19-13/h1-6,8,14H,7H2,(H,18,19). The third-order valence-electron chi connectivity index (χ3n) is 3.08. The fraction of sp³-hybridized carbons (Fsp3) is 0.143. The molecule has 1 N–H and O–H groups in total. The quantitative estimate of drug-likeness (QED) is 0.923. The molecule has 6 nitrogen and oxygen atoms in total. The minimum Gasteiger partial charge on any atom is -0.433 e. The van der Waals surface area contributed by atoms with Crippen molar-refractivity contribution in [1.82, 2.24) is 9.71 Å². The second-order valence-corrected chi connectivity index (χ2v) is 6.28. The highest BCUT2D eigenvalue weighted by Gasteiger charge is 2.29. The largest absolute Gasteiger partial charge is 0.433 e. The van der Waals surface area contributed by atoms with E-state index in [4.69, 9.17) is 0 Å². The number of amidine groups is 1. The molecule has 0 bridgehead atoms. The van der Waals surface area contributed by atoms with Crippen LogP contribution in [0.4, 0.5) is 8.78 Å². The number of hydrogen-bond acceptors (Lipinski definition) is 5. The van der Waals surface area contributed by atoms with Crippen molar-refractivity contribution in [3.63, 3.8) is 0 Å². The lowest BCUT2D eigenvalue weighted by molar-refractivity contribution is -0.0500. The maximum absolute atomic E-state index is 12.1. The lowest BCUT2D eigenvalue weighted by Gasteiger charge is -2.04. The SMILES string of the molecule is O=S1(=O)NC(=NCc2ccc(OC(F)F)cn2)c2ccccc21. The molecular weight excluding hydrogens is 328 g/mol. The molecule has 0 aliphatic carbocycles. The average Bonchev–Trinajstić information content (AvgIpc) is 2.78. The number of alkyl halides is 2. The Morgan fingerprint density at radius 1 is 1.22 bits per heavy atom. The molecule has 2 aromatic rings. The fourth-order valence-corrected chi connectivity index (χ4v) is 3.34. The zero-order valence-corrected chi connectivity index (χ0v) is 12.4. The van der Waals surface area contributed by atoms with Crippen molar-refractivity contribution in [2.24, 2.45) is 4.99 Å². The topological polar surface area (TPSA) is 80.7 Å². The Morgan fingerprint density at radius 3 is 2.70 bits per heavy atom. The predicted molar refractivity (Wildman–Crippen MR) is 77.9 cm³/mol. The van der Waals surface area contributed by atoms with E-state index >= 15 is 0 Å². The van der Waals surface area contributed by atoms with E-state index in [0.717, 1.165) is 6.20 Å². The van der Waals surface area contributed by atoms with Crippen LogP contribution in [0, 0.1) is 0 Å². The van der Waals surface area contributed by atoms with Gasteiger partial charge in [-0.2, -0.15) is 8.78 Å². The molecule has 0 unspecified atom stereocenters. The molecule has 0 radical (unpaired) electrons. The lowest BCUT2D eigenvalue weighted by Crippen LogP contribution is -2.22. The Kier molecular flexibility index (Phi) is 3.95. The van der Waals surface area contributed by atoms with Crippen molar-refractivity contribution in [1.29, 1.82) is 0 Å². The second-order valence-electron chi connectivity index (χ2n) is 4.63. The first kappa shape index (κ1) is 15.3. The van der Waals surface area contributed by atoms with E-state index in [1.165, 1.54) is 18.2 Å². The number of halogens is 2. The van der Waals surface area contributed by atoms with Gasteiger partial charge in [-0.1, -0.05) is 12.1 Å². The molecule has 0 saturated carbocycles. The van der Waals surface area contributed by atoms with E-state index in [0.29, 0.717) is 11.3 Å². The van der Waals surface area contributed by atoms with Crippen molar-refractivity contribution in [3.05, 3.63) is 53.9 Å². The van der Waals surface area contributed by atoms with Gasteiger partial charge in [-0.25, -0.2) is 8.42 Å². The van der Waals surface area contributed by atoms with Crippen LogP contribution in [-0.2, 0) is 16.6 Å². The molecule has 1 aromatic carbocycles. The van der Waals surface area contributed by atoms with Gasteiger partial charge in [0.2, 0.25) is 0 Å². The van der Waals surface area contributed by atoms with Crippen LogP contribution >= 0.6 is 0 Å². The van der Waals surface area contributed by atoms with Crippen molar-refractivity contribution in [2.45, 2.75) is 18.1 Å². The van der Waals surface area contributed by atoms with Crippen molar-refractivity contribution in [2.75, 3.05) is 0 Å². The Labute approximate surface area is 130 Å². The van der Waals surface area contributed by atoms with Gasteiger partial charge in [0, 0.05) is 5.56 Å². The summed E-state index contributed by atoms with van der Waals surface area (Å²) in [6, 6.07) is 9.32. The first-order valence-electron chi connectivity index (χ1n) is 6.52. The number of pyridine rings is 1. The summed E-state index contributed by atoms with van der Waals surface area (Å²) in [7, 11) is -3.58. The number of hydrogen-bond donors (Lipinski definition) is 1. The molecule has 0 saturated heterocycles. The molecule has 3 rings (SSSR count). The summed E-state index contributed by atoms with van der Waals surface area (Å²) in [5.41, 5.74) is 0.979. The molecule has 120 valence electrons. The highest BCUT2D eigenvalue weighted by molar-refractivity contribution is 7.90. The average molecular weight is 339 g/mol. The number of rotatable bonds is 4. The maximum atomic E-state index is 12.1. The van der Waals surface area contributed by atoms with Crippen LogP contribution in [0.15, 0.2) is 52.5 Å². The highest BCUT2D eigenvalue weighted by atomic mass is 32.2. The number of ether oxygens (including phenoxy) is 1. The van der Waals surface area contributed by atoms with Crippen LogP contribution in [0.5, 0.6) is 5.75 Å².